The van der Waals surface area contributed by atoms with Crippen molar-refractivity contribution in [2.24, 2.45) is 5.73 Å². The van der Waals surface area contributed by atoms with Crippen LogP contribution in [0.5, 0.6) is 5.75 Å². The molecule has 0 saturated carbocycles. The fraction of sp³-hybridized carbons (Fsp3) is 0.125. The first-order valence-corrected chi connectivity index (χ1v) is 4.17. The van der Waals surface area contributed by atoms with E-state index in [9.17, 15) is 14.9 Å². The maximum atomic E-state index is 11.0. The number of nitro groups is 1. The summed E-state index contributed by atoms with van der Waals surface area (Å²) < 4.78 is 4.75. The molecule has 1 aromatic rings. The molecule has 0 atom stereocenters. The molecule has 0 saturated heterocycles. The second kappa shape index (κ2) is 4.14. The first kappa shape index (κ1) is 11.3. The molecule has 0 aliphatic heterocycles. The molecular weight excluding hydrogens is 224 g/mol. The Morgan fingerprint density at radius 2 is 2.20 bits per heavy atom. The molecule has 80 valence electrons. The maximum Gasteiger partial charge on any atom is 0.311 e. The van der Waals surface area contributed by atoms with Gasteiger partial charge in [0.2, 0.25) is 5.75 Å². The third-order valence-corrected chi connectivity index (χ3v) is 2.05. The van der Waals surface area contributed by atoms with E-state index < -0.39 is 10.8 Å². The van der Waals surface area contributed by atoms with Gasteiger partial charge in [0.15, 0.2) is 0 Å². The molecule has 0 unspecified atom stereocenters. The highest BCUT2D eigenvalue weighted by molar-refractivity contribution is 6.34. The zero-order valence-electron chi connectivity index (χ0n) is 7.69. The van der Waals surface area contributed by atoms with Crippen LogP contribution in [0, 0.1) is 10.1 Å². The summed E-state index contributed by atoms with van der Waals surface area (Å²) in [5, 5.41) is 10.6. The second-order valence-corrected chi connectivity index (χ2v) is 3.00. The van der Waals surface area contributed by atoms with E-state index in [4.69, 9.17) is 22.1 Å². The number of primary amides is 1. The Balaban J connectivity index is 3.54. The molecule has 0 aliphatic carbocycles. The number of carbonyl (C=O) groups is 1. The summed E-state index contributed by atoms with van der Waals surface area (Å²) in [5.74, 6) is -1.10. The Morgan fingerprint density at radius 1 is 1.60 bits per heavy atom. The van der Waals surface area contributed by atoms with E-state index in [1.165, 1.54) is 13.2 Å². The van der Waals surface area contributed by atoms with Crippen molar-refractivity contribution in [3.8, 4) is 5.75 Å². The van der Waals surface area contributed by atoms with Crippen molar-refractivity contribution >= 4 is 23.2 Å². The van der Waals surface area contributed by atoms with E-state index in [0.29, 0.717) is 0 Å². The van der Waals surface area contributed by atoms with Gasteiger partial charge in [-0.2, -0.15) is 0 Å². The number of benzene rings is 1. The summed E-state index contributed by atoms with van der Waals surface area (Å²) in [5.41, 5.74) is 4.50. The molecule has 0 heterocycles. The smallest absolute Gasteiger partial charge is 0.311 e. The van der Waals surface area contributed by atoms with E-state index >= 15 is 0 Å². The van der Waals surface area contributed by atoms with Crippen LogP contribution in [0.15, 0.2) is 12.1 Å². The quantitative estimate of drug-likeness (QED) is 0.626. The first-order chi connectivity index (χ1) is 6.99. The molecule has 0 aliphatic rings. The van der Waals surface area contributed by atoms with Gasteiger partial charge in [-0.1, -0.05) is 11.6 Å². The lowest BCUT2D eigenvalue weighted by Crippen LogP contribution is -2.14. The van der Waals surface area contributed by atoms with Gasteiger partial charge in [0.1, 0.15) is 5.56 Å². The van der Waals surface area contributed by atoms with Crippen molar-refractivity contribution in [3.05, 3.63) is 32.8 Å². The Hall–Kier alpha value is -1.82. The fourth-order valence-electron chi connectivity index (χ4n) is 1.13. The number of rotatable bonds is 3. The van der Waals surface area contributed by atoms with Gasteiger partial charge in [0.25, 0.3) is 5.91 Å². The van der Waals surface area contributed by atoms with Crippen LogP contribution in [0.4, 0.5) is 5.69 Å². The summed E-state index contributed by atoms with van der Waals surface area (Å²) in [6.07, 6.45) is 0. The average molecular weight is 231 g/mol. The van der Waals surface area contributed by atoms with Gasteiger partial charge in [-0.15, -0.1) is 0 Å². The van der Waals surface area contributed by atoms with E-state index in [0.717, 1.165) is 6.07 Å². The summed E-state index contributed by atoms with van der Waals surface area (Å²) in [7, 11) is 1.20. The van der Waals surface area contributed by atoms with Crippen molar-refractivity contribution in [2.75, 3.05) is 7.11 Å². The van der Waals surface area contributed by atoms with Gasteiger partial charge in [-0.25, -0.2) is 0 Å². The van der Waals surface area contributed by atoms with Crippen molar-refractivity contribution in [1.29, 1.82) is 0 Å². The molecule has 0 radical (unpaired) electrons. The zero-order chi connectivity index (χ0) is 11.6. The van der Waals surface area contributed by atoms with Crippen LogP contribution in [0.1, 0.15) is 10.4 Å². The van der Waals surface area contributed by atoms with Crippen molar-refractivity contribution < 1.29 is 14.5 Å². The number of nitrogens with zero attached hydrogens (tertiary/aromatic N) is 1. The molecule has 2 N–H and O–H groups in total. The van der Waals surface area contributed by atoms with Crippen LogP contribution in [0.3, 0.4) is 0 Å². The Labute approximate surface area is 89.7 Å². The second-order valence-electron chi connectivity index (χ2n) is 2.60. The number of nitro benzene ring substituents is 1. The molecule has 6 nitrogen and oxygen atoms in total. The number of carbonyl (C=O) groups excluding carboxylic acids is 1. The normalized spacial score (nSPS) is 9.73. The van der Waals surface area contributed by atoms with Gasteiger partial charge in [0.05, 0.1) is 17.1 Å². The predicted molar refractivity (Wildman–Crippen MR) is 53.2 cm³/mol. The van der Waals surface area contributed by atoms with Gasteiger partial charge in [-0.05, 0) is 6.07 Å². The average Bonchev–Trinajstić information content (AvgIpc) is 2.15. The van der Waals surface area contributed by atoms with Gasteiger partial charge in [-0.3, -0.25) is 14.9 Å². The van der Waals surface area contributed by atoms with Crippen molar-refractivity contribution in [1.82, 2.24) is 0 Å². The van der Waals surface area contributed by atoms with E-state index in [-0.39, 0.29) is 22.0 Å². The van der Waals surface area contributed by atoms with Gasteiger partial charge >= 0.3 is 5.69 Å². The lowest BCUT2D eigenvalue weighted by atomic mass is 10.1. The summed E-state index contributed by atoms with van der Waals surface area (Å²) >= 11 is 5.68. The Kier molecular flexibility index (Phi) is 3.11. The Morgan fingerprint density at radius 3 is 2.60 bits per heavy atom. The van der Waals surface area contributed by atoms with Crippen molar-refractivity contribution in [2.45, 2.75) is 0 Å². The standard InChI is InChI=1S/C8H7ClN2O4/c1-15-7-5(11(13)14)3-2-4(9)6(7)8(10)12/h2-3H,1H3,(H2,10,12). The number of nitrogens with two attached hydrogens (primary N) is 1. The molecule has 1 rings (SSSR count). The number of halogens is 1. The lowest BCUT2D eigenvalue weighted by Gasteiger charge is -2.07. The van der Waals surface area contributed by atoms with Gasteiger partial charge in [0, 0.05) is 6.07 Å². The number of hydrogen-bond acceptors (Lipinski definition) is 4. The predicted octanol–water partition coefficient (Wildman–Crippen LogP) is 1.36. The lowest BCUT2D eigenvalue weighted by molar-refractivity contribution is -0.385. The summed E-state index contributed by atoms with van der Waals surface area (Å²) in [6, 6.07) is 2.37. The molecule has 7 heteroatoms. The third kappa shape index (κ3) is 1.99. The first-order valence-electron chi connectivity index (χ1n) is 3.79. The minimum absolute atomic E-state index is 0.0185. The summed E-state index contributed by atoms with van der Waals surface area (Å²) in [6.45, 7) is 0. The SMILES string of the molecule is COc1c([N+](=O)[O-])ccc(Cl)c1C(N)=O. The third-order valence-electron chi connectivity index (χ3n) is 1.73. The van der Waals surface area contributed by atoms with Crippen LogP contribution in [0.2, 0.25) is 5.02 Å². The minimum atomic E-state index is -0.874. The molecule has 0 fully saturated rings. The number of hydrogen-bond donors (Lipinski definition) is 1. The topological polar surface area (TPSA) is 95.5 Å². The molecule has 0 bridgehead atoms. The Bertz CT molecular complexity index is 433. The number of ether oxygens (including phenoxy) is 1. The molecule has 15 heavy (non-hydrogen) atoms. The maximum absolute atomic E-state index is 11.0. The van der Waals surface area contributed by atoms with E-state index in [1.807, 2.05) is 0 Å². The molecule has 1 amide bonds. The van der Waals surface area contributed by atoms with Crippen molar-refractivity contribution in [3.63, 3.8) is 0 Å². The highest BCUT2D eigenvalue weighted by atomic mass is 35.5. The molecule has 0 aromatic heterocycles. The minimum Gasteiger partial charge on any atom is -0.490 e. The van der Waals surface area contributed by atoms with Crippen LogP contribution < -0.4 is 10.5 Å². The number of methoxy groups -OCH3 is 1. The van der Waals surface area contributed by atoms with Crippen LogP contribution >= 0.6 is 11.6 Å². The highest BCUT2D eigenvalue weighted by Gasteiger charge is 2.24. The van der Waals surface area contributed by atoms with Crippen LogP contribution in [-0.2, 0) is 0 Å². The van der Waals surface area contributed by atoms with Crippen LogP contribution in [0.25, 0.3) is 0 Å². The largest absolute Gasteiger partial charge is 0.490 e. The van der Waals surface area contributed by atoms with E-state index in [1.54, 1.807) is 0 Å². The van der Waals surface area contributed by atoms with Crippen LogP contribution in [-0.4, -0.2) is 17.9 Å². The molecular formula is C8H7ClN2O4. The van der Waals surface area contributed by atoms with Gasteiger partial charge < -0.3 is 10.5 Å². The zero-order valence-corrected chi connectivity index (χ0v) is 8.45. The molecule has 1 aromatic carbocycles. The highest BCUT2D eigenvalue weighted by Crippen LogP contribution is 2.35. The van der Waals surface area contributed by atoms with E-state index in [2.05, 4.69) is 0 Å². The monoisotopic (exact) mass is 230 g/mol. The summed E-state index contributed by atoms with van der Waals surface area (Å²) in [4.78, 5) is 20.9. The molecule has 0 spiro atoms. The number of amides is 1. The fourth-order valence-corrected chi connectivity index (χ4v) is 1.37.